The summed E-state index contributed by atoms with van der Waals surface area (Å²) in [6, 6.07) is 8.74. The van der Waals surface area contributed by atoms with E-state index >= 15 is 0 Å². The molecule has 0 radical (unpaired) electrons. The molecule has 9 heteroatoms. The van der Waals surface area contributed by atoms with Crippen LogP contribution in [0.4, 0.5) is 16.4 Å². The smallest absolute Gasteiger partial charge is 0.278 e. The van der Waals surface area contributed by atoms with Gasteiger partial charge in [-0.05, 0) is 18.2 Å². The molecule has 2 aromatic rings. The molecule has 0 saturated carbocycles. The zero-order chi connectivity index (χ0) is 14.5. The van der Waals surface area contributed by atoms with E-state index in [1.165, 1.54) is 36.5 Å². The maximum atomic E-state index is 10.5. The van der Waals surface area contributed by atoms with Gasteiger partial charge in [-0.25, -0.2) is 0 Å². The summed E-state index contributed by atoms with van der Waals surface area (Å²) in [6.07, 6.45) is 1.44. The summed E-state index contributed by atoms with van der Waals surface area (Å²) in [5, 5.41) is 24.9. The van der Waals surface area contributed by atoms with E-state index < -0.39 is 9.85 Å². The van der Waals surface area contributed by atoms with Crippen molar-refractivity contribution in [3.8, 4) is 0 Å². The van der Waals surface area contributed by atoms with E-state index in [0.717, 1.165) is 11.3 Å². The molecule has 1 heterocycles. The van der Waals surface area contributed by atoms with E-state index in [-0.39, 0.29) is 10.7 Å². The number of non-ortho nitro benzene ring substituents is 1. The number of nitrogens with zero attached hydrogens (tertiary/aromatic N) is 3. The van der Waals surface area contributed by atoms with E-state index in [2.05, 4.69) is 10.5 Å². The number of thiophene rings is 1. The maximum Gasteiger partial charge on any atom is 0.324 e. The van der Waals surface area contributed by atoms with Crippen LogP contribution in [0, 0.1) is 20.2 Å². The molecule has 1 aromatic heterocycles. The van der Waals surface area contributed by atoms with Gasteiger partial charge in [0.05, 0.1) is 26.6 Å². The minimum atomic E-state index is -0.488. The first-order valence-corrected chi connectivity index (χ1v) is 6.15. The Bertz CT molecular complexity index is 665. The van der Waals surface area contributed by atoms with Crippen LogP contribution in [0.25, 0.3) is 0 Å². The van der Waals surface area contributed by atoms with Gasteiger partial charge in [0, 0.05) is 18.2 Å². The van der Waals surface area contributed by atoms with Crippen molar-refractivity contribution in [2.75, 3.05) is 5.43 Å². The van der Waals surface area contributed by atoms with Crippen LogP contribution in [0.15, 0.2) is 41.5 Å². The number of nitrogens with one attached hydrogen (secondary N) is 1. The lowest BCUT2D eigenvalue weighted by atomic mass is 10.3. The normalized spacial score (nSPS) is 10.6. The Hall–Kier alpha value is -2.81. The maximum absolute atomic E-state index is 10.5. The predicted molar refractivity (Wildman–Crippen MR) is 75.3 cm³/mol. The molecule has 0 atom stereocenters. The van der Waals surface area contributed by atoms with E-state index in [4.69, 9.17) is 0 Å². The Morgan fingerprint density at radius 2 is 1.75 bits per heavy atom. The van der Waals surface area contributed by atoms with Crippen molar-refractivity contribution < 1.29 is 9.85 Å². The van der Waals surface area contributed by atoms with E-state index in [0.29, 0.717) is 10.6 Å². The van der Waals surface area contributed by atoms with E-state index in [1.54, 1.807) is 6.07 Å². The highest BCUT2D eigenvalue weighted by Gasteiger charge is 2.08. The molecule has 1 aromatic carbocycles. The predicted octanol–water partition coefficient (Wildman–Crippen LogP) is 3.01. The molecule has 8 nitrogen and oxygen atoms in total. The average Bonchev–Trinajstić information content (AvgIpc) is 2.88. The topological polar surface area (TPSA) is 111 Å². The number of hydrazone groups is 1. The van der Waals surface area contributed by atoms with Crippen molar-refractivity contribution >= 4 is 33.9 Å². The molecule has 0 saturated heterocycles. The summed E-state index contributed by atoms with van der Waals surface area (Å²) in [4.78, 5) is 20.6. The number of anilines is 1. The average molecular weight is 292 g/mol. The minimum absolute atomic E-state index is 0.00610. The minimum Gasteiger partial charge on any atom is -0.278 e. The molecule has 0 bridgehead atoms. The summed E-state index contributed by atoms with van der Waals surface area (Å²) in [5.74, 6) is 0. The second kappa shape index (κ2) is 5.89. The molecule has 0 aliphatic carbocycles. The SMILES string of the molecule is O=[N+]([O-])c1ccc(N/N=C\c2ccc([N+](=O)[O-])s2)cc1. The second-order valence-electron chi connectivity index (χ2n) is 3.61. The Balaban J connectivity index is 1.98. The van der Waals surface area contributed by atoms with Crippen LogP contribution in [0.5, 0.6) is 0 Å². The highest BCUT2D eigenvalue weighted by atomic mass is 32.1. The van der Waals surface area contributed by atoms with Gasteiger partial charge >= 0.3 is 5.00 Å². The molecule has 0 fully saturated rings. The van der Waals surface area contributed by atoms with Crippen LogP contribution in [0.3, 0.4) is 0 Å². The largest absolute Gasteiger partial charge is 0.324 e. The first-order valence-electron chi connectivity index (χ1n) is 5.34. The Morgan fingerprint density at radius 1 is 1.05 bits per heavy atom. The highest BCUT2D eigenvalue weighted by molar-refractivity contribution is 7.16. The van der Waals surface area contributed by atoms with Crippen molar-refractivity contribution in [2.45, 2.75) is 0 Å². The number of nitro benzene ring substituents is 1. The summed E-state index contributed by atoms with van der Waals surface area (Å²) >= 11 is 1.00. The van der Waals surface area contributed by atoms with Crippen LogP contribution < -0.4 is 5.43 Å². The van der Waals surface area contributed by atoms with Gasteiger partial charge in [-0.15, -0.1) is 0 Å². The van der Waals surface area contributed by atoms with Gasteiger partial charge in [-0.1, -0.05) is 11.3 Å². The molecule has 1 N–H and O–H groups in total. The fourth-order valence-electron chi connectivity index (χ4n) is 1.34. The summed E-state index contributed by atoms with van der Waals surface area (Å²) in [5.41, 5.74) is 3.26. The zero-order valence-electron chi connectivity index (χ0n) is 9.92. The molecule has 0 amide bonds. The number of nitro groups is 2. The number of hydrogen-bond donors (Lipinski definition) is 1. The zero-order valence-corrected chi connectivity index (χ0v) is 10.7. The van der Waals surface area contributed by atoms with Crippen LogP contribution in [-0.2, 0) is 0 Å². The van der Waals surface area contributed by atoms with Gasteiger partial charge in [0.15, 0.2) is 0 Å². The molecule has 0 aliphatic heterocycles. The lowest BCUT2D eigenvalue weighted by Crippen LogP contribution is -1.91. The number of benzene rings is 1. The van der Waals surface area contributed by atoms with Crippen LogP contribution in [0.1, 0.15) is 4.88 Å². The molecule has 0 unspecified atom stereocenters. The van der Waals surface area contributed by atoms with Gasteiger partial charge in [0.1, 0.15) is 0 Å². The molecule has 102 valence electrons. The summed E-state index contributed by atoms with van der Waals surface area (Å²) < 4.78 is 0. The Morgan fingerprint density at radius 3 is 2.30 bits per heavy atom. The van der Waals surface area contributed by atoms with Crippen LogP contribution in [-0.4, -0.2) is 16.1 Å². The quantitative estimate of drug-likeness (QED) is 0.517. The van der Waals surface area contributed by atoms with Gasteiger partial charge in [-0.3, -0.25) is 25.7 Å². The van der Waals surface area contributed by atoms with Crippen LogP contribution in [0.2, 0.25) is 0 Å². The third-order valence-electron chi connectivity index (χ3n) is 2.26. The fourth-order valence-corrected chi connectivity index (χ4v) is 2.03. The fraction of sp³-hybridized carbons (Fsp3) is 0. The Kier molecular flexibility index (Phi) is 4.01. The lowest BCUT2D eigenvalue weighted by Gasteiger charge is -1.98. The highest BCUT2D eigenvalue weighted by Crippen LogP contribution is 2.22. The summed E-state index contributed by atoms with van der Waals surface area (Å²) in [6.45, 7) is 0. The Labute approximate surface area is 116 Å². The van der Waals surface area contributed by atoms with E-state index in [1.807, 2.05) is 0 Å². The van der Waals surface area contributed by atoms with Gasteiger partial charge in [0.2, 0.25) is 0 Å². The van der Waals surface area contributed by atoms with Crippen molar-refractivity contribution in [1.29, 1.82) is 0 Å². The van der Waals surface area contributed by atoms with Crippen molar-refractivity contribution in [2.24, 2.45) is 5.10 Å². The standard InChI is InChI=1S/C11H8N4O4S/c16-14(17)9-3-1-8(2-4-9)13-12-7-10-5-6-11(20-10)15(18)19/h1-7,13H/b12-7-. The molecule has 0 aliphatic rings. The first-order chi connectivity index (χ1) is 9.56. The third-order valence-corrected chi connectivity index (χ3v) is 3.23. The van der Waals surface area contributed by atoms with Crippen molar-refractivity contribution in [3.63, 3.8) is 0 Å². The first kappa shape index (κ1) is 13.6. The summed E-state index contributed by atoms with van der Waals surface area (Å²) in [7, 11) is 0. The molecular formula is C11H8N4O4S. The lowest BCUT2D eigenvalue weighted by molar-refractivity contribution is -0.384. The molecule has 2 rings (SSSR count). The second-order valence-corrected chi connectivity index (χ2v) is 4.70. The molecular weight excluding hydrogens is 284 g/mol. The number of hydrogen-bond acceptors (Lipinski definition) is 7. The van der Waals surface area contributed by atoms with Gasteiger partial charge < -0.3 is 0 Å². The molecule has 0 spiro atoms. The van der Waals surface area contributed by atoms with Crippen molar-refractivity contribution in [1.82, 2.24) is 0 Å². The van der Waals surface area contributed by atoms with Crippen molar-refractivity contribution in [3.05, 3.63) is 61.5 Å². The number of rotatable bonds is 5. The monoisotopic (exact) mass is 292 g/mol. The van der Waals surface area contributed by atoms with Gasteiger partial charge in [-0.2, -0.15) is 5.10 Å². The van der Waals surface area contributed by atoms with Crippen LogP contribution >= 0.6 is 11.3 Å². The van der Waals surface area contributed by atoms with E-state index in [9.17, 15) is 20.2 Å². The third kappa shape index (κ3) is 3.36. The molecule has 20 heavy (non-hydrogen) atoms. The van der Waals surface area contributed by atoms with Gasteiger partial charge in [0.25, 0.3) is 5.69 Å².